The van der Waals surface area contributed by atoms with E-state index in [1.165, 1.54) is 36.0 Å². The highest BCUT2D eigenvalue weighted by Gasteiger charge is 2.28. The monoisotopic (exact) mass is 507 g/mol. The molecule has 154 valence electrons. The van der Waals surface area contributed by atoms with Crippen molar-refractivity contribution < 1.29 is 8.42 Å². The Balaban J connectivity index is 0.00000364. The molecule has 0 heterocycles. The summed E-state index contributed by atoms with van der Waals surface area (Å²) in [5.41, 5.74) is 4.17. The van der Waals surface area contributed by atoms with Crippen LogP contribution >= 0.6 is 24.0 Å². The number of rotatable bonds is 5. The molecule has 5 nitrogen and oxygen atoms in total. The molecule has 0 saturated heterocycles. The fourth-order valence-corrected chi connectivity index (χ4v) is 4.10. The van der Waals surface area contributed by atoms with Crippen LogP contribution in [0.1, 0.15) is 63.3 Å². The lowest BCUT2D eigenvalue weighted by molar-refractivity contribution is 0.558. The molecule has 0 radical (unpaired) electrons. The van der Waals surface area contributed by atoms with E-state index >= 15 is 0 Å². The van der Waals surface area contributed by atoms with Crippen molar-refractivity contribution in [2.45, 2.75) is 64.2 Å². The second kappa shape index (κ2) is 10.1. The van der Waals surface area contributed by atoms with E-state index in [0.717, 1.165) is 6.42 Å². The highest BCUT2D eigenvalue weighted by molar-refractivity contribution is 14.0. The molecule has 27 heavy (non-hydrogen) atoms. The summed E-state index contributed by atoms with van der Waals surface area (Å²) >= 11 is 0. The highest BCUT2D eigenvalue weighted by atomic mass is 127. The molecule has 0 amide bonds. The molecule has 7 heteroatoms. The van der Waals surface area contributed by atoms with Gasteiger partial charge in [0.25, 0.3) is 0 Å². The van der Waals surface area contributed by atoms with Crippen LogP contribution in [0.3, 0.4) is 0 Å². The van der Waals surface area contributed by atoms with Gasteiger partial charge in [-0.1, -0.05) is 18.2 Å². The molecule has 0 aromatic heterocycles. The number of benzene rings is 1. The van der Waals surface area contributed by atoms with Crippen LogP contribution in [0.25, 0.3) is 0 Å². The first-order chi connectivity index (χ1) is 12.1. The molecule has 0 spiro atoms. The van der Waals surface area contributed by atoms with Gasteiger partial charge in [-0.25, -0.2) is 8.42 Å². The van der Waals surface area contributed by atoms with Crippen molar-refractivity contribution in [2.75, 3.05) is 19.3 Å². The molecule has 1 aromatic carbocycles. The summed E-state index contributed by atoms with van der Waals surface area (Å²) in [6, 6.07) is 6.82. The number of sulfone groups is 1. The Labute approximate surface area is 181 Å². The molecule has 1 aliphatic carbocycles. The summed E-state index contributed by atoms with van der Waals surface area (Å²) in [7, 11) is -1.44. The average molecular weight is 507 g/mol. The summed E-state index contributed by atoms with van der Waals surface area (Å²) in [6.45, 7) is 7.63. The Kier molecular flexibility index (Phi) is 9.05. The van der Waals surface area contributed by atoms with Gasteiger partial charge in [-0.05, 0) is 70.1 Å². The van der Waals surface area contributed by atoms with Crippen LogP contribution in [-0.2, 0) is 22.7 Å². The maximum atomic E-state index is 12.2. The van der Waals surface area contributed by atoms with E-state index in [-0.39, 0.29) is 35.8 Å². The summed E-state index contributed by atoms with van der Waals surface area (Å²) in [4.78, 5) is 4.22. The standard InChI is InChI=1S/C20H33N3O2S.HI/c1-15(17-11-10-16-8-6-7-9-18(16)14-17)23-19(21-5)22-12-13-26(24,25)20(2,3)4;/h10-11,14-15H,6-9,12-13H2,1-5H3,(H2,21,22,23);1H. The van der Waals surface area contributed by atoms with Gasteiger partial charge in [-0.3, -0.25) is 4.99 Å². The molecule has 0 aliphatic heterocycles. The second-order valence-corrected chi connectivity index (χ2v) is 10.9. The zero-order chi connectivity index (χ0) is 19.4. The van der Waals surface area contributed by atoms with Crippen LogP contribution in [0.5, 0.6) is 0 Å². The van der Waals surface area contributed by atoms with Gasteiger partial charge in [0.05, 0.1) is 16.5 Å². The lowest BCUT2D eigenvalue weighted by Crippen LogP contribution is -2.42. The third kappa shape index (κ3) is 6.62. The van der Waals surface area contributed by atoms with E-state index in [4.69, 9.17) is 0 Å². The Bertz CT molecular complexity index is 755. The molecule has 1 atom stereocenters. The van der Waals surface area contributed by atoms with Crippen LogP contribution < -0.4 is 10.6 Å². The molecule has 1 aromatic rings. The predicted molar refractivity (Wildman–Crippen MR) is 125 cm³/mol. The van der Waals surface area contributed by atoms with E-state index in [1.807, 2.05) is 0 Å². The van der Waals surface area contributed by atoms with Gasteiger partial charge in [0.15, 0.2) is 15.8 Å². The normalized spacial score (nSPS) is 16.1. The molecule has 2 rings (SSSR count). The van der Waals surface area contributed by atoms with Crippen molar-refractivity contribution in [1.82, 2.24) is 10.6 Å². The maximum Gasteiger partial charge on any atom is 0.191 e. The van der Waals surface area contributed by atoms with Gasteiger partial charge >= 0.3 is 0 Å². The zero-order valence-corrected chi connectivity index (χ0v) is 20.3. The van der Waals surface area contributed by atoms with Crippen LogP contribution in [0.15, 0.2) is 23.2 Å². The highest BCUT2D eigenvalue weighted by Crippen LogP contribution is 2.24. The topological polar surface area (TPSA) is 70.6 Å². The van der Waals surface area contributed by atoms with Crippen molar-refractivity contribution in [3.8, 4) is 0 Å². The van der Waals surface area contributed by atoms with Crippen molar-refractivity contribution in [3.63, 3.8) is 0 Å². The number of aliphatic imine (C=N–C) groups is 1. The third-order valence-electron chi connectivity index (χ3n) is 5.05. The number of halogens is 1. The fraction of sp³-hybridized carbons (Fsp3) is 0.650. The predicted octanol–water partition coefficient (Wildman–Crippen LogP) is 3.62. The van der Waals surface area contributed by atoms with E-state index in [1.54, 1.807) is 27.8 Å². The average Bonchev–Trinajstić information content (AvgIpc) is 2.59. The van der Waals surface area contributed by atoms with Crippen LogP contribution in [0.2, 0.25) is 0 Å². The first kappa shape index (κ1) is 24.2. The first-order valence-corrected chi connectivity index (χ1v) is 11.1. The van der Waals surface area contributed by atoms with Crippen LogP contribution in [0, 0.1) is 0 Å². The lowest BCUT2D eigenvalue weighted by atomic mass is 9.89. The molecule has 0 fully saturated rings. The molecular formula is C20H34IN3O2S. The minimum absolute atomic E-state index is 0. The Hall–Kier alpha value is -0.830. The number of nitrogens with one attached hydrogen (secondary N) is 2. The number of guanidine groups is 1. The molecule has 0 saturated carbocycles. The van der Waals surface area contributed by atoms with E-state index in [2.05, 4.69) is 40.7 Å². The first-order valence-electron chi connectivity index (χ1n) is 9.45. The Morgan fingerprint density at radius 1 is 1.19 bits per heavy atom. The number of nitrogens with zero attached hydrogens (tertiary/aromatic N) is 1. The quantitative estimate of drug-likeness (QED) is 0.363. The SMILES string of the molecule is CN=C(NCCS(=O)(=O)C(C)(C)C)NC(C)c1ccc2c(c1)CCCC2.I. The van der Waals surface area contributed by atoms with E-state index in [0.29, 0.717) is 12.5 Å². The maximum absolute atomic E-state index is 12.2. The largest absolute Gasteiger partial charge is 0.355 e. The number of hydrogen-bond acceptors (Lipinski definition) is 3. The zero-order valence-electron chi connectivity index (χ0n) is 17.1. The molecule has 1 unspecified atom stereocenters. The third-order valence-corrected chi connectivity index (χ3v) is 7.65. The Morgan fingerprint density at radius 3 is 2.41 bits per heavy atom. The van der Waals surface area contributed by atoms with Gasteiger partial charge < -0.3 is 10.6 Å². The van der Waals surface area contributed by atoms with Crippen molar-refractivity contribution in [3.05, 3.63) is 34.9 Å². The Morgan fingerprint density at radius 2 is 1.81 bits per heavy atom. The van der Waals surface area contributed by atoms with Gasteiger partial charge in [0.2, 0.25) is 0 Å². The molecular weight excluding hydrogens is 473 g/mol. The second-order valence-electron chi connectivity index (χ2n) is 8.03. The summed E-state index contributed by atoms with van der Waals surface area (Å²) in [5, 5.41) is 6.48. The number of hydrogen-bond donors (Lipinski definition) is 2. The van der Waals surface area contributed by atoms with Gasteiger partial charge in [0, 0.05) is 13.6 Å². The van der Waals surface area contributed by atoms with E-state index in [9.17, 15) is 8.42 Å². The van der Waals surface area contributed by atoms with Gasteiger partial charge in [-0.2, -0.15) is 0 Å². The molecule has 0 bridgehead atoms. The van der Waals surface area contributed by atoms with Crippen molar-refractivity contribution in [1.29, 1.82) is 0 Å². The van der Waals surface area contributed by atoms with Gasteiger partial charge in [-0.15, -0.1) is 24.0 Å². The lowest BCUT2D eigenvalue weighted by Gasteiger charge is -2.22. The van der Waals surface area contributed by atoms with Gasteiger partial charge in [0.1, 0.15) is 0 Å². The minimum Gasteiger partial charge on any atom is -0.355 e. The van der Waals surface area contributed by atoms with Crippen molar-refractivity contribution in [2.24, 2.45) is 4.99 Å². The summed E-state index contributed by atoms with van der Waals surface area (Å²) in [6.07, 6.45) is 4.90. The smallest absolute Gasteiger partial charge is 0.191 e. The summed E-state index contributed by atoms with van der Waals surface area (Å²) in [5.74, 6) is 0.712. The van der Waals surface area contributed by atoms with E-state index < -0.39 is 14.6 Å². The molecule has 2 N–H and O–H groups in total. The van der Waals surface area contributed by atoms with Crippen LogP contribution in [0.4, 0.5) is 0 Å². The number of fused-ring (bicyclic) bond motifs is 1. The minimum atomic E-state index is -3.14. The summed E-state index contributed by atoms with van der Waals surface area (Å²) < 4.78 is 23.7. The number of aryl methyl sites for hydroxylation is 2. The molecule has 1 aliphatic rings. The van der Waals surface area contributed by atoms with Crippen molar-refractivity contribution >= 4 is 39.8 Å². The van der Waals surface area contributed by atoms with Crippen LogP contribution in [-0.4, -0.2) is 38.5 Å². The fourth-order valence-electron chi connectivity index (χ4n) is 3.12.